The fourth-order valence-electron chi connectivity index (χ4n) is 0.835. The molecule has 0 radical (unpaired) electrons. The first-order valence-corrected chi connectivity index (χ1v) is 3.66. The topological polar surface area (TPSA) is 50.1 Å². The Morgan fingerprint density at radius 2 is 1.82 bits per heavy atom. The Kier molecular flexibility index (Phi) is 3.44. The van der Waals surface area contributed by atoms with Crippen LogP contribution in [0, 0.1) is 0 Å². The lowest BCUT2D eigenvalue weighted by molar-refractivity contribution is 0.753. The number of hydrazine groups is 1. The van der Waals surface area contributed by atoms with Crippen molar-refractivity contribution in [1.29, 1.82) is 0 Å². The maximum absolute atomic E-state index is 5.10. The quantitative estimate of drug-likeness (QED) is 0.335. The van der Waals surface area contributed by atoms with Crippen LogP contribution in [0.5, 0.6) is 0 Å². The Morgan fingerprint density at radius 3 is 2.45 bits per heavy atom. The van der Waals surface area contributed by atoms with Crippen molar-refractivity contribution in [2.24, 2.45) is 5.84 Å². The molecule has 0 fully saturated rings. The van der Waals surface area contributed by atoms with Gasteiger partial charge in [-0.3, -0.25) is 11.3 Å². The average Bonchev–Trinajstić information content (AvgIpc) is 2.07. The first kappa shape index (κ1) is 8.04. The summed E-state index contributed by atoms with van der Waals surface area (Å²) >= 11 is 0. The van der Waals surface area contributed by atoms with Gasteiger partial charge in [0.2, 0.25) is 0 Å². The van der Waals surface area contributed by atoms with E-state index < -0.39 is 0 Å². The van der Waals surface area contributed by atoms with Crippen LogP contribution in [0.1, 0.15) is 0 Å². The Hall–Kier alpha value is -1.06. The average molecular weight is 151 g/mol. The lowest BCUT2D eigenvalue weighted by Crippen LogP contribution is -2.28. The van der Waals surface area contributed by atoms with Crippen LogP contribution in [0.2, 0.25) is 0 Å². The van der Waals surface area contributed by atoms with E-state index in [1.807, 2.05) is 30.3 Å². The van der Waals surface area contributed by atoms with Gasteiger partial charge in [0.15, 0.2) is 0 Å². The van der Waals surface area contributed by atoms with Crippen molar-refractivity contribution in [1.82, 2.24) is 5.43 Å². The number of hydrogen-bond donors (Lipinski definition) is 3. The molecule has 0 saturated carbocycles. The highest BCUT2D eigenvalue weighted by Gasteiger charge is 1.85. The summed E-state index contributed by atoms with van der Waals surface area (Å²) in [6.07, 6.45) is 0. The van der Waals surface area contributed by atoms with Crippen LogP contribution in [0.3, 0.4) is 0 Å². The van der Waals surface area contributed by atoms with Crippen LogP contribution in [-0.2, 0) is 0 Å². The van der Waals surface area contributed by atoms with Gasteiger partial charge in [-0.25, -0.2) is 0 Å². The van der Waals surface area contributed by atoms with Crippen LogP contribution >= 0.6 is 0 Å². The predicted octanol–water partition coefficient (Wildman–Crippen LogP) is 0.562. The van der Waals surface area contributed by atoms with E-state index >= 15 is 0 Å². The number of nitrogens with two attached hydrogens (primary N) is 1. The minimum atomic E-state index is 0.773. The number of anilines is 1. The van der Waals surface area contributed by atoms with Crippen molar-refractivity contribution in [3.05, 3.63) is 30.3 Å². The minimum Gasteiger partial charge on any atom is -0.384 e. The predicted molar refractivity (Wildman–Crippen MR) is 47.1 cm³/mol. The summed E-state index contributed by atoms with van der Waals surface area (Å²) in [7, 11) is 0. The monoisotopic (exact) mass is 151 g/mol. The van der Waals surface area contributed by atoms with Gasteiger partial charge >= 0.3 is 0 Å². The Morgan fingerprint density at radius 1 is 1.09 bits per heavy atom. The molecule has 0 atom stereocenters. The zero-order valence-electron chi connectivity index (χ0n) is 6.38. The van der Waals surface area contributed by atoms with Gasteiger partial charge in [0, 0.05) is 18.8 Å². The molecule has 0 amide bonds. The molecule has 0 aromatic heterocycles. The van der Waals surface area contributed by atoms with Crippen molar-refractivity contribution >= 4 is 5.69 Å². The summed E-state index contributed by atoms with van der Waals surface area (Å²) in [6.45, 7) is 1.62. The van der Waals surface area contributed by atoms with Gasteiger partial charge in [-0.05, 0) is 12.1 Å². The molecule has 0 aliphatic rings. The molecule has 1 aromatic rings. The van der Waals surface area contributed by atoms with Crippen molar-refractivity contribution < 1.29 is 0 Å². The van der Waals surface area contributed by atoms with E-state index in [9.17, 15) is 0 Å². The van der Waals surface area contributed by atoms with Crippen molar-refractivity contribution in [2.75, 3.05) is 18.4 Å². The lowest BCUT2D eigenvalue weighted by Gasteiger charge is -2.03. The molecule has 4 N–H and O–H groups in total. The van der Waals surface area contributed by atoms with E-state index in [4.69, 9.17) is 5.84 Å². The van der Waals surface area contributed by atoms with Crippen LogP contribution in [0.25, 0.3) is 0 Å². The molecule has 0 heterocycles. The number of nitrogens with one attached hydrogen (secondary N) is 2. The van der Waals surface area contributed by atoms with Gasteiger partial charge in [-0.2, -0.15) is 0 Å². The fourth-order valence-corrected chi connectivity index (χ4v) is 0.835. The van der Waals surface area contributed by atoms with Gasteiger partial charge in [0.05, 0.1) is 0 Å². The Bertz CT molecular complexity index is 186. The van der Waals surface area contributed by atoms with Gasteiger partial charge in [-0.15, -0.1) is 0 Å². The Labute approximate surface area is 66.6 Å². The smallest absolute Gasteiger partial charge is 0.0340 e. The van der Waals surface area contributed by atoms with Crippen LogP contribution in [-0.4, -0.2) is 13.1 Å². The zero-order chi connectivity index (χ0) is 7.94. The minimum absolute atomic E-state index is 0.773. The van der Waals surface area contributed by atoms with Gasteiger partial charge in [0.1, 0.15) is 0 Å². The molecule has 3 heteroatoms. The van der Waals surface area contributed by atoms with Gasteiger partial charge in [0.25, 0.3) is 0 Å². The van der Waals surface area contributed by atoms with E-state index in [0.29, 0.717) is 0 Å². The molecule has 11 heavy (non-hydrogen) atoms. The summed E-state index contributed by atoms with van der Waals surface area (Å²) < 4.78 is 0. The van der Waals surface area contributed by atoms with Gasteiger partial charge in [-0.1, -0.05) is 18.2 Å². The molecular weight excluding hydrogens is 138 g/mol. The second kappa shape index (κ2) is 4.71. The van der Waals surface area contributed by atoms with E-state index in [1.54, 1.807) is 0 Å². The number of para-hydroxylation sites is 1. The van der Waals surface area contributed by atoms with E-state index in [2.05, 4.69) is 10.7 Å². The van der Waals surface area contributed by atoms with Gasteiger partial charge < -0.3 is 5.32 Å². The SMILES string of the molecule is NNCCNc1ccccc1. The second-order valence-electron chi connectivity index (χ2n) is 2.25. The van der Waals surface area contributed by atoms with Crippen molar-refractivity contribution in [2.45, 2.75) is 0 Å². The van der Waals surface area contributed by atoms with Crippen LogP contribution in [0.4, 0.5) is 5.69 Å². The first-order valence-electron chi connectivity index (χ1n) is 3.66. The molecule has 0 spiro atoms. The summed E-state index contributed by atoms with van der Waals surface area (Å²) in [6, 6.07) is 10.0. The molecule has 0 aliphatic heterocycles. The summed E-state index contributed by atoms with van der Waals surface area (Å²) in [5.74, 6) is 5.10. The first-order chi connectivity index (χ1) is 5.43. The number of benzene rings is 1. The normalized spacial score (nSPS) is 9.55. The molecule has 1 rings (SSSR count). The maximum atomic E-state index is 5.10. The Balaban J connectivity index is 2.28. The van der Waals surface area contributed by atoms with Crippen molar-refractivity contribution in [3.63, 3.8) is 0 Å². The third-order valence-electron chi connectivity index (χ3n) is 1.37. The van der Waals surface area contributed by atoms with E-state index in [-0.39, 0.29) is 0 Å². The number of hydrogen-bond acceptors (Lipinski definition) is 3. The largest absolute Gasteiger partial charge is 0.384 e. The lowest BCUT2D eigenvalue weighted by atomic mass is 10.3. The van der Waals surface area contributed by atoms with Crippen LogP contribution in [0.15, 0.2) is 30.3 Å². The molecule has 0 saturated heterocycles. The zero-order valence-corrected chi connectivity index (χ0v) is 6.38. The molecule has 3 nitrogen and oxygen atoms in total. The summed E-state index contributed by atoms with van der Waals surface area (Å²) in [4.78, 5) is 0. The maximum Gasteiger partial charge on any atom is 0.0340 e. The van der Waals surface area contributed by atoms with Crippen molar-refractivity contribution in [3.8, 4) is 0 Å². The van der Waals surface area contributed by atoms with E-state index in [1.165, 1.54) is 0 Å². The number of rotatable bonds is 4. The fraction of sp³-hybridized carbons (Fsp3) is 0.250. The van der Waals surface area contributed by atoms with E-state index in [0.717, 1.165) is 18.8 Å². The summed E-state index contributed by atoms with van der Waals surface area (Å²) in [5.41, 5.74) is 3.70. The molecule has 0 unspecified atom stereocenters. The third kappa shape index (κ3) is 3.02. The second-order valence-corrected chi connectivity index (χ2v) is 2.25. The highest BCUT2D eigenvalue weighted by molar-refractivity contribution is 5.42. The summed E-state index contributed by atoms with van der Waals surface area (Å²) in [5, 5.41) is 3.20. The standard InChI is InChI=1S/C8H13N3/c9-11-7-6-10-8-4-2-1-3-5-8/h1-5,10-11H,6-7,9H2. The molecule has 0 bridgehead atoms. The highest BCUT2D eigenvalue weighted by atomic mass is 15.2. The highest BCUT2D eigenvalue weighted by Crippen LogP contribution is 2.02. The molecule has 0 aliphatic carbocycles. The molecule has 60 valence electrons. The third-order valence-corrected chi connectivity index (χ3v) is 1.37. The molecular formula is C8H13N3. The molecule has 1 aromatic carbocycles. The van der Waals surface area contributed by atoms with Crippen LogP contribution < -0.4 is 16.6 Å².